The van der Waals surface area contributed by atoms with E-state index < -0.39 is 32.5 Å². The van der Waals surface area contributed by atoms with Gasteiger partial charge in [0, 0.05) is 12.8 Å². The zero-order chi connectivity index (χ0) is 59.8. The number of carbonyl (C=O) groups is 2. The monoisotopic (exact) mass is 1150 g/mol. The molecule has 0 rings (SSSR count). The molecule has 0 bridgehead atoms. The zero-order valence-corrected chi connectivity index (χ0v) is 53.3. The molecule has 0 heterocycles. The lowest BCUT2D eigenvalue weighted by atomic mass is 10.0. The van der Waals surface area contributed by atoms with E-state index in [4.69, 9.17) is 18.5 Å². The lowest BCUT2D eigenvalue weighted by Gasteiger charge is -2.24. The molecule has 1 N–H and O–H groups in total. The number of ether oxygens (including phenoxy) is 2. The van der Waals surface area contributed by atoms with Crippen LogP contribution in [0.2, 0.25) is 0 Å². The molecule has 0 aliphatic rings. The normalized spacial score (nSPS) is 14.4. The van der Waals surface area contributed by atoms with Gasteiger partial charge in [-0.05, 0) is 116 Å². The molecular formula is C72H117NO8P+. The van der Waals surface area contributed by atoms with E-state index in [1.165, 1.54) is 70.6 Å². The molecule has 0 aromatic heterocycles. The van der Waals surface area contributed by atoms with Crippen molar-refractivity contribution in [1.82, 2.24) is 0 Å². The third-order valence-electron chi connectivity index (χ3n) is 12.8. The molecule has 9 nitrogen and oxygen atoms in total. The highest BCUT2D eigenvalue weighted by molar-refractivity contribution is 7.47. The molecule has 0 aliphatic heterocycles. The van der Waals surface area contributed by atoms with Crippen LogP contribution < -0.4 is 0 Å². The highest BCUT2D eigenvalue weighted by atomic mass is 31.2. The molecule has 0 fully saturated rings. The van der Waals surface area contributed by atoms with Gasteiger partial charge < -0.3 is 18.9 Å². The van der Waals surface area contributed by atoms with Crippen molar-refractivity contribution in [1.29, 1.82) is 0 Å². The van der Waals surface area contributed by atoms with Gasteiger partial charge in [0.2, 0.25) is 0 Å². The summed E-state index contributed by atoms with van der Waals surface area (Å²) in [6, 6.07) is 0. The molecule has 10 heteroatoms. The Bertz CT molecular complexity index is 1990. The summed E-state index contributed by atoms with van der Waals surface area (Å²) < 4.78 is 34.5. The van der Waals surface area contributed by atoms with E-state index in [9.17, 15) is 19.0 Å². The summed E-state index contributed by atoms with van der Waals surface area (Å²) in [5.74, 6) is -0.906. The molecule has 0 saturated carbocycles. The minimum absolute atomic E-state index is 0.0120. The van der Waals surface area contributed by atoms with Crippen LogP contribution in [-0.4, -0.2) is 74.9 Å². The van der Waals surface area contributed by atoms with Crippen molar-refractivity contribution < 1.29 is 42.1 Å². The molecule has 2 atom stereocenters. The van der Waals surface area contributed by atoms with Crippen molar-refractivity contribution in [3.05, 3.63) is 170 Å². The quantitative estimate of drug-likeness (QED) is 0.0211. The number of rotatable bonds is 56. The average molecular weight is 1160 g/mol. The van der Waals surface area contributed by atoms with E-state index in [2.05, 4.69) is 172 Å². The third kappa shape index (κ3) is 64.5. The predicted molar refractivity (Wildman–Crippen MR) is 353 cm³/mol. The second kappa shape index (κ2) is 60.9. The van der Waals surface area contributed by atoms with E-state index in [1.54, 1.807) is 0 Å². The average Bonchev–Trinajstić information content (AvgIpc) is 3.46. The van der Waals surface area contributed by atoms with Crippen LogP contribution in [0, 0.1) is 0 Å². The molecule has 0 radical (unpaired) electrons. The summed E-state index contributed by atoms with van der Waals surface area (Å²) in [6.45, 7) is 4.10. The second-order valence-electron chi connectivity index (χ2n) is 21.7. The van der Waals surface area contributed by atoms with Crippen molar-refractivity contribution in [2.75, 3.05) is 47.5 Å². The van der Waals surface area contributed by atoms with Gasteiger partial charge >= 0.3 is 19.8 Å². The number of allylic oxidation sites excluding steroid dienone is 28. The maximum atomic E-state index is 12.8. The van der Waals surface area contributed by atoms with E-state index in [-0.39, 0.29) is 26.1 Å². The van der Waals surface area contributed by atoms with E-state index in [1.807, 2.05) is 33.3 Å². The number of phosphoric ester groups is 1. The molecule has 0 aromatic carbocycles. The Morgan fingerprint density at radius 3 is 1.02 bits per heavy atom. The summed E-state index contributed by atoms with van der Waals surface area (Å²) in [5.41, 5.74) is 0. The smallest absolute Gasteiger partial charge is 0.462 e. The third-order valence-corrected chi connectivity index (χ3v) is 13.7. The van der Waals surface area contributed by atoms with Gasteiger partial charge in [-0.1, -0.05) is 261 Å². The molecule has 2 unspecified atom stereocenters. The maximum Gasteiger partial charge on any atom is 0.472 e. The van der Waals surface area contributed by atoms with Gasteiger partial charge in [-0.15, -0.1) is 0 Å². The van der Waals surface area contributed by atoms with Crippen LogP contribution in [0.25, 0.3) is 0 Å². The molecular weight excluding hydrogens is 1040 g/mol. The van der Waals surface area contributed by atoms with Gasteiger partial charge in [0.15, 0.2) is 6.10 Å². The second-order valence-corrected chi connectivity index (χ2v) is 23.1. The zero-order valence-electron chi connectivity index (χ0n) is 52.4. The summed E-state index contributed by atoms with van der Waals surface area (Å²) in [4.78, 5) is 35.7. The number of unbranched alkanes of at least 4 members (excludes halogenated alkanes) is 14. The largest absolute Gasteiger partial charge is 0.472 e. The first-order valence-electron chi connectivity index (χ1n) is 31.9. The standard InChI is InChI=1S/C72H116NO8P/c1-6-8-10-12-14-16-18-20-22-24-26-27-28-29-30-31-32-33-34-35-36-37-38-39-40-41-42-43-44-45-47-49-51-53-55-57-59-61-63-65-72(75)81-70(69-80-82(76,77)79-67-66-73(3,4)5)68-78-71(74)64-62-60-58-56-54-52-50-48-46-25-23-21-19-17-15-13-11-9-7-2/h8-11,14-17,20-23,26-27,29-30,32-33,35-36,38-39,46,48,52,54,58,60,70H,6-7,12-13,18-19,24-25,28,31,34,37,40-45,47,49-51,53,55-57,59,61-69H2,1-5H3/p+1/b10-8-,11-9-,16-14-,17-15-,22-20-,23-21-,27-26-,30-29-,33-32-,36-35-,39-38-,48-46-,54-52-,60-58-. The Morgan fingerprint density at radius 1 is 0.378 bits per heavy atom. The van der Waals surface area contributed by atoms with Crippen LogP contribution in [0.3, 0.4) is 0 Å². The Kier molecular flexibility index (Phi) is 57.5. The lowest BCUT2D eigenvalue weighted by Crippen LogP contribution is -2.37. The van der Waals surface area contributed by atoms with E-state index in [0.717, 1.165) is 109 Å². The maximum absolute atomic E-state index is 12.8. The van der Waals surface area contributed by atoms with Crippen molar-refractivity contribution >= 4 is 19.8 Å². The number of carbonyl (C=O) groups excluding carboxylic acids is 2. The number of likely N-dealkylation sites (N-methyl/N-ethyl adjacent to an activating group) is 1. The number of nitrogens with zero attached hydrogens (tertiary/aromatic N) is 1. The highest BCUT2D eigenvalue weighted by Crippen LogP contribution is 2.43. The summed E-state index contributed by atoms with van der Waals surface area (Å²) in [6.07, 6.45) is 93.2. The molecule has 0 amide bonds. The van der Waals surface area contributed by atoms with Crippen LogP contribution in [0.4, 0.5) is 0 Å². The van der Waals surface area contributed by atoms with E-state index >= 15 is 0 Å². The van der Waals surface area contributed by atoms with Crippen LogP contribution in [0.15, 0.2) is 170 Å². The molecule has 0 spiro atoms. The van der Waals surface area contributed by atoms with Gasteiger partial charge in [-0.2, -0.15) is 0 Å². The van der Waals surface area contributed by atoms with Gasteiger partial charge in [-0.3, -0.25) is 18.6 Å². The number of quaternary nitrogens is 1. The minimum atomic E-state index is -4.42. The van der Waals surface area contributed by atoms with Crippen molar-refractivity contribution in [3.63, 3.8) is 0 Å². The van der Waals surface area contributed by atoms with Crippen molar-refractivity contribution in [2.24, 2.45) is 0 Å². The minimum Gasteiger partial charge on any atom is -0.462 e. The molecule has 462 valence electrons. The van der Waals surface area contributed by atoms with Gasteiger partial charge in [0.25, 0.3) is 0 Å². The lowest BCUT2D eigenvalue weighted by molar-refractivity contribution is -0.870. The fourth-order valence-electron chi connectivity index (χ4n) is 7.94. The molecule has 82 heavy (non-hydrogen) atoms. The van der Waals surface area contributed by atoms with Crippen molar-refractivity contribution in [2.45, 2.75) is 225 Å². The molecule has 0 saturated heterocycles. The Morgan fingerprint density at radius 2 is 0.683 bits per heavy atom. The van der Waals surface area contributed by atoms with E-state index in [0.29, 0.717) is 23.9 Å². The van der Waals surface area contributed by atoms with Gasteiger partial charge in [0.1, 0.15) is 19.8 Å². The fourth-order valence-corrected chi connectivity index (χ4v) is 8.68. The SMILES string of the molecule is CC/C=C\C/C=C\C/C=C\C/C=C\C/C=C\C/C=C\C/C=C\C/C=C\CCCCCCCCCCCCCCCCC(=O)OC(COC(=O)CC/C=C\C/C=C\C/C=C\C/C=C\C/C=C\C/C=C\CC)COP(=O)(O)OCC[N+](C)(C)C. The number of hydrogen-bond donors (Lipinski definition) is 1. The Labute approximate surface area is 502 Å². The highest BCUT2D eigenvalue weighted by Gasteiger charge is 2.27. The van der Waals surface area contributed by atoms with Gasteiger partial charge in [-0.25, -0.2) is 4.57 Å². The topological polar surface area (TPSA) is 108 Å². The Hall–Kier alpha value is -4.63. The first-order chi connectivity index (χ1) is 40.0. The summed E-state index contributed by atoms with van der Waals surface area (Å²) >= 11 is 0. The van der Waals surface area contributed by atoms with Crippen LogP contribution >= 0.6 is 7.82 Å². The van der Waals surface area contributed by atoms with Crippen molar-refractivity contribution in [3.8, 4) is 0 Å². The van der Waals surface area contributed by atoms with Crippen LogP contribution in [-0.2, 0) is 32.7 Å². The van der Waals surface area contributed by atoms with Crippen LogP contribution in [0.5, 0.6) is 0 Å². The fraction of sp³-hybridized carbons (Fsp3) is 0.583. The first kappa shape index (κ1) is 77.4. The first-order valence-corrected chi connectivity index (χ1v) is 33.4. The predicted octanol–water partition coefficient (Wildman–Crippen LogP) is 20.6. The Balaban J connectivity index is 4.14. The summed E-state index contributed by atoms with van der Waals surface area (Å²) in [5, 5.41) is 0. The number of hydrogen-bond acceptors (Lipinski definition) is 7. The van der Waals surface area contributed by atoms with Crippen LogP contribution in [0.1, 0.15) is 219 Å². The van der Waals surface area contributed by atoms with Gasteiger partial charge in [0.05, 0.1) is 27.7 Å². The molecule has 0 aromatic rings. The number of phosphoric acid groups is 1. The molecule has 0 aliphatic carbocycles. The summed E-state index contributed by atoms with van der Waals surface area (Å²) in [7, 11) is 1.42. The number of esters is 2.